The standard InChI is InChI=1S/C22H21NO3/c1-14-6-3-4-9-19(14)26-17-12-10-16(11-13-17)23-21(24)18-8-5-7-15(2)20(18)22(23)25/h3-7,9-13,15,18,20H,8H2,1-2H3. The normalized spacial score (nSPS) is 24.7. The maximum Gasteiger partial charge on any atom is 0.238 e. The number of hydrogen-bond acceptors (Lipinski definition) is 3. The summed E-state index contributed by atoms with van der Waals surface area (Å²) in [5, 5.41) is 0. The maximum absolute atomic E-state index is 12.8. The van der Waals surface area contributed by atoms with Gasteiger partial charge in [0.25, 0.3) is 0 Å². The summed E-state index contributed by atoms with van der Waals surface area (Å²) in [5.74, 6) is 0.905. The molecule has 4 heteroatoms. The molecule has 4 nitrogen and oxygen atoms in total. The first-order valence-corrected chi connectivity index (χ1v) is 8.94. The Kier molecular flexibility index (Phi) is 4.11. The lowest BCUT2D eigenvalue weighted by atomic mass is 9.78. The van der Waals surface area contributed by atoms with Gasteiger partial charge < -0.3 is 4.74 Å². The van der Waals surface area contributed by atoms with Crippen LogP contribution in [0.3, 0.4) is 0 Å². The molecule has 1 saturated heterocycles. The van der Waals surface area contributed by atoms with Crippen molar-refractivity contribution in [2.24, 2.45) is 17.8 Å². The van der Waals surface area contributed by atoms with Crippen LogP contribution in [0.2, 0.25) is 0 Å². The summed E-state index contributed by atoms with van der Waals surface area (Å²) in [6, 6.07) is 14.9. The van der Waals surface area contributed by atoms with Crippen LogP contribution in [-0.2, 0) is 9.59 Å². The number of aryl methyl sites for hydroxylation is 1. The SMILES string of the molecule is Cc1ccccc1Oc1ccc(N2C(=O)C3CC=CC(C)C3C2=O)cc1. The van der Waals surface area contributed by atoms with Crippen molar-refractivity contribution in [3.05, 3.63) is 66.2 Å². The van der Waals surface area contributed by atoms with E-state index in [1.165, 1.54) is 4.90 Å². The second-order valence-corrected chi connectivity index (χ2v) is 7.03. The van der Waals surface area contributed by atoms with Crippen molar-refractivity contribution < 1.29 is 14.3 Å². The quantitative estimate of drug-likeness (QED) is 0.607. The van der Waals surface area contributed by atoms with Crippen molar-refractivity contribution in [3.63, 3.8) is 0 Å². The molecule has 2 aliphatic rings. The van der Waals surface area contributed by atoms with Gasteiger partial charge in [-0.1, -0.05) is 37.3 Å². The first kappa shape index (κ1) is 16.6. The maximum atomic E-state index is 12.8. The zero-order valence-corrected chi connectivity index (χ0v) is 14.9. The number of fused-ring (bicyclic) bond motifs is 1. The van der Waals surface area contributed by atoms with Crippen LogP contribution in [0.25, 0.3) is 0 Å². The molecule has 0 radical (unpaired) electrons. The van der Waals surface area contributed by atoms with Crippen molar-refractivity contribution >= 4 is 17.5 Å². The van der Waals surface area contributed by atoms with E-state index < -0.39 is 0 Å². The van der Waals surface area contributed by atoms with Crippen LogP contribution in [0.5, 0.6) is 11.5 Å². The minimum atomic E-state index is -0.240. The van der Waals surface area contributed by atoms with E-state index in [1.54, 1.807) is 24.3 Å². The number of ether oxygens (including phenoxy) is 1. The number of para-hydroxylation sites is 1. The van der Waals surface area contributed by atoms with E-state index in [4.69, 9.17) is 4.74 Å². The number of rotatable bonds is 3. The van der Waals surface area contributed by atoms with Crippen LogP contribution in [0.1, 0.15) is 18.9 Å². The number of carbonyl (C=O) groups excluding carboxylic acids is 2. The van der Waals surface area contributed by atoms with Crippen molar-refractivity contribution in [2.75, 3.05) is 4.90 Å². The number of hydrogen-bond donors (Lipinski definition) is 0. The first-order valence-electron chi connectivity index (χ1n) is 8.94. The van der Waals surface area contributed by atoms with Crippen molar-refractivity contribution in [1.82, 2.24) is 0 Å². The molecule has 0 spiro atoms. The Morgan fingerprint density at radius 3 is 2.42 bits per heavy atom. The Balaban J connectivity index is 1.57. The van der Waals surface area contributed by atoms with Crippen molar-refractivity contribution in [2.45, 2.75) is 20.3 Å². The number of nitrogens with zero attached hydrogens (tertiary/aromatic N) is 1. The van der Waals surface area contributed by atoms with E-state index >= 15 is 0 Å². The van der Waals surface area contributed by atoms with Gasteiger partial charge in [0.15, 0.2) is 0 Å². The predicted molar refractivity (Wildman–Crippen MR) is 100 cm³/mol. The number of amides is 2. The highest BCUT2D eigenvalue weighted by Crippen LogP contribution is 2.40. The van der Waals surface area contributed by atoms with Gasteiger partial charge in [0.1, 0.15) is 11.5 Å². The molecule has 1 heterocycles. The summed E-state index contributed by atoms with van der Waals surface area (Å²) >= 11 is 0. The van der Waals surface area contributed by atoms with Crippen LogP contribution in [0, 0.1) is 24.7 Å². The molecule has 0 saturated carbocycles. The van der Waals surface area contributed by atoms with Gasteiger partial charge in [0.05, 0.1) is 17.5 Å². The van der Waals surface area contributed by atoms with E-state index in [2.05, 4.69) is 0 Å². The minimum Gasteiger partial charge on any atom is -0.457 e. The predicted octanol–water partition coefficient (Wildman–Crippen LogP) is 4.49. The zero-order chi connectivity index (χ0) is 18.3. The third-order valence-corrected chi connectivity index (χ3v) is 5.29. The Bertz CT molecular complexity index is 885. The highest BCUT2D eigenvalue weighted by molar-refractivity contribution is 6.22. The molecule has 4 rings (SSSR count). The summed E-state index contributed by atoms with van der Waals surface area (Å²) in [6.45, 7) is 3.99. The third-order valence-electron chi connectivity index (χ3n) is 5.29. The third kappa shape index (κ3) is 2.71. The van der Waals surface area contributed by atoms with Gasteiger partial charge >= 0.3 is 0 Å². The lowest BCUT2D eigenvalue weighted by Gasteiger charge is -2.22. The van der Waals surface area contributed by atoms with Crippen molar-refractivity contribution in [3.8, 4) is 11.5 Å². The monoisotopic (exact) mass is 347 g/mol. The van der Waals surface area contributed by atoms with Crippen LogP contribution >= 0.6 is 0 Å². The number of anilines is 1. The minimum absolute atomic E-state index is 0.0931. The van der Waals surface area contributed by atoms with Crippen LogP contribution in [0.15, 0.2) is 60.7 Å². The summed E-state index contributed by atoms with van der Waals surface area (Å²) in [4.78, 5) is 26.9. The molecular formula is C22H21NO3. The van der Waals surface area contributed by atoms with E-state index in [0.717, 1.165) is 11.3 Å². The van der Waals surface area contributed by atoms with Gasteiger partial charge in [-0.15, -0.1) is 0 Å². The molecule has 2 aromatic rings. The Morgan fingerprint density at radius 2 is 1.73 bits per heavy atom. The summed E-state index contributed by atoms with van der Waals surface area (Å²) in [6.07, 6.45) is 4.69. The molecule has 0 aromatic heterocycles. The van der Waals surface area contributed by atoms with E-state index in [0.29, 0.717) is 17.9 Å². The summed E-state index contributed by atoms with van der Waals surface area (Å²) < 4.78 is 5.89. The number of allylic oxidation sites excluding steroid dienone is 2. The van der Waals surface area contributed by atoms with E-state index in [9.17, 15) is 9.59 Å². The zero-order valence-electron chi connectivity index (χ0n) is 14.9. The van der Waals surface area contributed by atoms with Crippen LogP contribution in [-0.4, -0.2) is 11.8 Å². The second kappa shape index (κ2) is 6.45. The number of benzene rings is 2. The van der Waals surface area contributed by atoms with Gasteiger partial charge in [-0.3, -0.25) is 14.5 Å². The van der Waals surface area contributed by atoms with Crippen molar-refractivity contribution in [1.29, 1.82) is 0 Å². The largest absolute Gasteiger partial charge is 0.457 e. The van der Waals surface area contributed by atoms with E-state index in [-0.39, 0.29) is 29.6 Å². The smallest absolute Gasteiger partial charge is 0.238 e. The fourth-order valence-electron chi connectivity index (χ4n) is 3.86. The number of carbonyl (C=O) groups is 2. The van der Waals surface area contributed by atoms with E-state index in [1.807, 2.05) is 50.3 Å². The van der Waals surface area contributed by atoms with Gasteiger partial charge in [0.2, 0.25) is 11.8 Å². The van der Waals surface area contributed by atoms with Gasteiger partial charge in [-0.05, 0) is 55.2 Å². The molecule has 2 amide bonds. The molecule has 0 N–H and O–H groups in total. The van der Waals surface area contributed by atoms with Gasteiger partial charge in [-0.25, -0.2) is 0 Å². The van der Waals surface area contributed by atoms with Crippen LogP contribution in [0.4, 0.5) is 5.69 Å². The molecule has 3 atom stereocenters. The fraction of sp³-hybridized carbons (Fsp3) is 0.273. The molecule has 0 bridgehead atoms. The lowest BCUT2D eigenvalue weighted by Crippen LogP contribution is -2.31. The average molecular weight is 347 g/mol. The fourth-order valence-corrected chi connectivity index (χ4v) is 3.86. The second-order valence-electron chi connectivity index (χ2n) is 7.03. The molecule has 3 unspecified atom stereocenters. The number of imide groups is 1. The Labute approximate surface area is 153 Å². The Hall–Kier alpha value is -2.88. The Morgan fingerprint density at radius 1 is 1.00 bits per heavy atom. The highest BCUT2D eigenvalue weighted by Gasteiger charge is 2.50. The highest BCUT2D eigenvalue weighted by atomic mass is 16.5. The van der Waals surface area contributed by atoms with Gasteiger partial charge in [0, 0.05) is 0 Å². The lowest BCUT2D eigenvalue weighted by molar-refractivity contribution is -0.122. The molecule has 1 aliphatic heterocycles. The molecular weight excluding hydrogens is 326 g/mol. The summed E-state index contributed by atoms with van der Waals surface area (Å²) in [7, 11) is 0. The van der Waals surface area contributed by atoms with Gasteiger partial charge in [-0.2, -0.15) is 0 Å². The average Bonchev–Trinajstić information content (AvgIpc) is 2.90. The van der Waals surface area contributed by atoms with Crippen LogP contribution < -0.4 is 9.64 Å². The molecule has 1 fully saturated rings. The first-order chi connectivity index (χ1) is 12.6. The molecule has 26 heavy (non-hydrogen) atoms. The summed E-state index contributed by atoms with van der Waals surface area (Å²) in [5.41, 5.74) is 1.66. The topological polar surface area (TPSA) is 46.6 Å². The molecule has 1 aliphatic carbocycles. The molecule has 2 aromatic carbocycles. The molecule has 132 valence electrons.